The van der Waals surface area contributed by atoms with E-state index in [-0.39, 0.29) is 49.3 Å². The molecule has 3 amide bonds. The highest BCUT2D eigenvalue weighted by atomic mass is 16.6. The van der Waals surface area contributed by atoms with Gasteiger partial charge in [0.2, 0.25) is 17.7 Å². The Hall–Kier alpha value is -3.50. The molecule has 1 aromatic rings. The number of carbonyl (C=O) groups is 4. The fourth-order valence-electron chi connectivity index (χ4n) is 8.48. The highest BCUT2D eigenvalue weighted by molar-refractivity contribution is 5.98. The number of esters is 1. The molecule has 1 N–H and O–H groups in total. The van der Waals surface area contributed by atoms with Crippen molar-refractivity contribution in [1.82, 2.24) is 14.7 Å². The number of benzene rings is 1. The molecule has 264 valence electrons. The summed E-state index contributed by atoms with van der Waals surface area (Å²) in [5.74, 6) is -3.26. The van der Waals surface area contributed by atoms with Gasteiger partial charge >= 0.3 is 5.97 Å². The molecule has 3 aliphatic rings. The van der Waals surface area contributed by atoms with Crippen LogP contribution in [0.3, 0.4) is 0 Å². The molecule has 0 unspecified atom stereocenters. The predicted octanol–water partition coefficient (Wildman–Crippen LogP) is 4.68. The van der Waals surface area contributed by atoms with Crippen molar-refractivity contribution >= 4 is 23.7 Å². The summed E-state index contributed by atoms with van der Waals surface area (Å²) in [6.07, 6.45) is 4.37. The Morgan fingerprint density at radius 2 is 1.81 bits per heavy atom. The number of hydrogen-bond donors (Lipinski definition) is 1. The monoisotopic (exact) mass is 665 g/mol. The van der Waals surface area contributed by atoms with Crippen LogP contribution in [0.15, 0.2) is 55.6 Å². The second kappa shape index (κ2) is 14.5. The van der Waals surface area contributed by atoms with E-state index < -0.39 is 53.2 Å². The molecule has 10 nitrogen and oxygen atoms in total. The molecule has 0 radical (unpaired) electrons. The molecular weight excluding hydrogens is 610 g/mol. The number of hydrogen-bond acceptors (Lipinski definition) is 7. The number of likely N-dealkylation sites (tertiary alicyclic amines) is 1. The highest BCUT2D eigenvalue weighted by Gasteiger charge is 2.75. The van der Waals surface area contributed by atoms with E-state index in [1.807, 2.05) is 51.1 Å². The SMILES string of the molecule is C=CCCC(=O)N(C)[C@@H](C)[C@@H](OC(=O)[C@@H]1[C@H]2C(=O)N(CCO)[C@H](C(=O)N(CC=C)C(C)(C)CC(C)(C)C)[C@]23CC[C@H]1O3)c1ccccc1. The van der Waals surface area contributed by atoms with Crippen LogP contribution in [0.2, 0.25) is 0 Å². The van der Waals surface area contributed by atoms with Gasteiger partial charge in [-0.2, -0.15) is 0 Å². The highest BCUT2D eigenvalue weighted by Crippen LogP contribution is 2.59. The van der Waals surface area contributed by atoms with E-state index in [2.05, 4.69) is 33.9 Å². The fourth-order valence-corrected chi connectivity index (χ4v) is 8.48. The molecule has 3 aliphatic heterocycles. The van der Waals surface area contributed by atoms with Crippen LogP contribution in [0.4, 0.5) is 0 Å². The Kier molecular flexibility index (Phi) is 11.3. The summed E-state index contributed by atoms with van der Waals surface area (Å²) in [5, 5.41) is 10.1. The van der Waals surface area contributed by atoms with Gasteiger partial charge in [-0.1, -0.05) is 63.3 Å². The topological polar surface area (TPSA) is 117 Å². The normalized spacial score (nSPS) is 26.1. The van der Waals surface area contributed by atoms with E-state index in [4.69, 9.17) is 9.47 Å². The maximum absolute atomic E-state index is 14.7. The number of amides is 3. The molecule has 1 aromatic carbocycles. The summed E-state index contributed by atoms with van der Waals surface area (Å²) >= 11 is 0. The molecule has 1 spiro atoms. The molecule has 3 heterocycles. The number of fused-ring (bicyclic) bond motifs is 1. The van der Waals surface area contributed by atoms with Crippen molar-refractivity contribution in [2.45, 2.75) is 109 Å². The molecule has 3 saturated heterocycles. The lowest BCUT2D eigenvalue weighted by Crippen LogP contribution is -2.61. The minimum absolute atomic E-state index is 0.0633. The van der Waals surface area contributed by atoms with Crippen LogP contribution in [0.5, 0.6) is 0 Å². The average molecular weight is 666 g/mol. The first-order valence-electron chi connectivity index (χ1n) is 17.2. The summed E-state index contributed by atoms with van der Waals surface area (Å²) in [5.41, 5.74) is -1.20. The molecule has 3 fully saturated rings. The molecule has 48 heavy (non-hydrogen) atoms. The van der Waals surface area contributed by atoms with Gasteiger partial charge in [0.1, 0.15) is 17.7 Å². The van der Waals surface area contributed by atoms with Crippen LogP contribution < -0.4 is 0 Å². The molecular formula is C38H55N3O7. The molecule has 10 heteroatoms. The second-order valence-corrected chi connectivity index (χ2v) is 15.4. The van der Waals surface area contributed by atoms with Crippen molar-refractivity contribution < 1.29 is 33.8 Å². The summed E-state index contributed by atoms with van der Waals surface area (Å²) < 4.78 is 12.9. The number of aliphatic hydroxyl groups is 1. The van der Waals surface area contributed by atoms with Gasteiger partial charge in [-0.15, -0.1) is 13.2 Å². The molecule has 0 aromatic heterocycles. The van der Waals surface area contributed by atoms with Crippen LogP contribution in [-0.2, 0) is 28.7 Å². The first-order valence-corrected chi connectivity index (χ1v) is 17.2. The molecule has 0 aliphatic carbocycles. The van der Waals surface area contributed by atoms with Crippen LogP contribution in [-0.4, -0.2) is 99.6 Å². The van der Waals surface area contributed by atoms with E-state index in [9.17, 15) is 24.3 Å². The first-order chi connectivity index (χ1) is 22.5. The Balaban J connectivity index is 1.69. The lowest BCUT2D eigenvalue weighted by molar-refractivity contribution is -0.165. The number of rotatable bonds is 15. The van der Waals surface area contributed by atoms with E-state index in [0.717, 1.165) is 5.56 Å². The minimum atomic E-state index is -1.24. The van der Waals surface area contributed by atoms with Gasteiger partial charge in [-0.25, -0.2) is 0 Å². The quantitative estimate of drug-likeness (QED) is 0.214. The third-order valence-electron chi connectivity index (χ3n) is 10.3. The second-order valence-electron chi connectivity index (χ2n) is 15.4. The van der Waals surface area contributed by atoms with E-state index in [1.165, 1.54) is 4.90 Å². The van der Waals surface area contributed by atoms with E-state index >= 15 is 0 Å². The van der Waals surface area contributed by atoms with Gasteiger partial charge in [-0.3, -0.25) is 19.2 Å². The predicted molar refractivity (Wildman–Crippen MR) is 183 cm³/mol. The Bertz CT molecular complexity index is 1370. The molecule has 7 atom stereocenters. The van der Waals surface area contributed by atoms with Crippen LogP contribution in [0, 0.1) is 17.3 Å². The van der Waals surface area contributed by atoms with Crippen molar-refractivity contribution in [3.05, 3.63) is 61.2 Å². The lowest BCUT2D eigenvalue weighted by Gasteiger charge is -2.45. The van der Waals surface area contributed by atoms with Crippen LogP contribution in [0.25, 0.3) is 0 Å². The lowest BCUT2D eigenvalue weighted by atomic mass is 9.70. The third kappa shape index (κ3) is 7.10. The van der Waals surface area contributed by atoms with Crippen molar-refractivity contribution in [1.29, 1.82) is 0 Å². The zero-order chi connectivity index (χ0) is 35.6. The van der Waals surface area contributed by atoms with Gasteiger partial charge in [0.05, 0.1) is 30.6 Å². The van der Waals surface area contributed by atoms with E-state index in [0.29, 0.717) is 25.7 Å². The largest absolute Gasteiger partial charge is 0.455 e. The summed E-state index contributed by atoms with van der Waals surface area (Å²) in [4.78, 5) is 61.1. The van der Waals surface area contributed by atoms with Crippen LogP contribution >= 0.6 is 0 Å². The van der Waals surface area contributed by atoms with Gasteiger partial charge in [0, 0.05) is 32.1 Å². The third-order valence-corrected chi connectivity index (χ3v) is 10.3. The maximum atomic E-state index is 14.7. The van der Waals surface area contributed by atoms with Gasteiger partial charge in [-0.05, 0) is 57.4 Å². The molecule has 4 rings (SSSR count). The first kappa shape index (κ1) is 37.3. The van der Waals surface area contributed by atoms with Crippen molar-refractivity contribution in [2.75, 3.05) is 26.7 Å². The van der Waals surface area contributed by atoms with E-state index in [1.54, 1.807) is 29.0 Å². The number of β-amino-alcohol motifs (C(OH)–C–C–N with tert-alkyl or cyclic N) is 1. The number of ether oxygens (including phenoxy) is 2. The number of aliphatic hydroxyl groups excluding tert-OH is 1. The summed E-state index contributed by atoms with van der Waals surface area (Å²) in [6.45, 7) is 19.7. The number of likely N-dealkylation sites (N-methyl/N-ethyl adjacent to an activating group) is 1. The Morgan fingerprint density at radius 1 is 1.15 bits per heavy atom. The maximum Gasteiger partial charge on any atom is 0.313 e. The number of allylic oxidation sites excluding steroid dienone is 1. The summed E-state index contributed by atoms with van der Waals surface area (Å²) in [7, 11) is 1.69. The smallest absolute Gasteiger partial charge is 0.313 e. The van der Waals surface area contributed by atoms with Gasteiger partial charge in [0.15, 0.2) is 0 Å². The summed E-state index contributed by atoms with van der Waals surface area (Å²) in [6, 6.07) is 7.72. The molecule has 2 bridgehead atoms. The Labute approximate surface area is 286 Å². The Morgan fingerprint density at radius 3 is 2.40 bits per heavy atom. The van der Waals surface area contributed by atoms with Crippen LogP contribution in [0.1, 0.15) is 85.3 Å². The fraction of sp³-hybridized carbons (Fsp3) is 0.632. The standard InChI is InChI=1S/C38H55N3O7/c1-10-12-18-28(43)39(9)25(3)31(26-16-14-13-15-17-26)47-35(46)29-27-19-20-38(48-27)30(29)33(44)40(22-23-42)32(38)34(45)41(21-11-2)37(7,8)24-36(4,5)6/h10-11,13-17,25,27,29-32,42H,1-2,12,18-24H2,3-9H3/t25-,27+,29-,30-,31+,32+,38-/m0/s1. The zero-order valence-corrected chi connectivity index (χ0v) is 29.8. The average Bonchev–Trinajstić information content (AvgIpc) is 3.67. The zero-order valence-electron chi connectivity index (χ0n) is 29.8. The van der Waals surface area contributed by atoms with Gasteiger partial charge < -0.3 is 29.3 Å². The molecule has 0 saturated carbocycles. The van der Waals surface area contributed by atoms with Gasteiger partial charge in [0.25, 0.3) is 0 Å². The number of nitrogens with zero attached hydrogens (tertiary/aromatic N) is 3. The minimum Gasteiger partial charge on any atom is -0.455 e. The van der Waals surface area contributed by atoms with Crippen molar-refractivity contribution in [3.8, 4) is 0 Å². The van der Waals surface area contributed by atoms with Crippen molar-refractivity contribution in [3.63, 3.8) is 0 Å². The van der Waals surface area contributed by atoms with Crippen molar-refractivity contribution in [2.24, 2.45) is 17.3 Å². The number of carbonyl (C=O) groups excluding carboxylic acids is 4.